The van der Waals surface area contributed by atoms with Gasteiger partial charge in [0.1, 0.15) is 5.75 Å². The van der Waals surface area contributed by atoms with Gasteiger partial charge in [0.25, 0.3) is 0 Å². The molecular formula is C20H22F2N4O2. The van der Waals surface area contributed by atoms with Crippen LogP contribution in [0.2, 0.25) is 0 Å². The van der Waals surface area contributed by atoms with Crippen LogP contribution in [0.25, 0.3) is 5.65 Å². The molecule has 0 radical (unpaired) electrons. The van der Waals surface area contributed by atoms with Crippen molar-refractivity contribution in [2.45, 2.75) is 46.8 Å². The number of carbonyl (C=O) groups is 1. The summed E-state index contributed by atoms with van der Waals surface area (Å²) in [5.41, 5.74) is 5.40. The Labute approximate surface area is 161 Å². The minimum absolute atomic E-state index is 0.0905. The number of rotatable bonds is 7. The topological polar surface area (TPSA) is 68.5 Å². The van der Waals surface area contributed by atoms with Crippen molar-refractivity contribution in [1.82, 2.24) is 19.9 Å². The second-order valence-corrected chi connectivity index (χ2v) is 6.62. The smallest absolute Gasteiger partial charge is 0.387 e. The summed E-state index contributed by atoms with van der Waals surface area (Å²) in [5.74, 6) is -0.00349. The Kier molecular flexibility index (Phi) is 5.87. The zero-order valence-electron chi connectivity index (χ0n) is 16.0. The van der Waals surface area contributed by atoms with Gasteiger partial charge in [0.05, 0.1) is 5.69 Å². The third-order valence-electron chi connectivity index (χ3n) is 4.53. The number of alkyl halides is 2. The van der Waals surface area contributed by atoms with Crippen molar-refractivity contribution in [3.05, 3.63) is 58.5 Å². The molecule has 1 aromatic carbocycles. The predicted molar refractivity (Wildman–Crippen MR) is 100 cm³/mol. The monoisotopic (exact) mass is 388 g/mol. The van der Waals surface area contributed by atoms with Crippen molar-refractivity contribution in [3.63, 3.8) is 0 Å². The summed E-state index contributed by atoms with van der Waals surface area (Å²) in [4.78, 5) is 16.8. The molecule has 28 heavy (non-hydrogen) atoms. The Morgan fingerprint density at radius 3 is 2.61 bits per heavy atom. The molecule has 0 saturated carbocycles. The standard InChI is InChI=1S/C20H22F2N4O2/c1-12-10-18-24-13(2)17(14(3)26(18)25-12)8-9-19(27)23-11-15-4-6-16(7-5-15)28-20(21)22/h4-7,10,20H,8-9,11H2,1-3H3,(H,23,27). The number of aromatic nitrogens is 3. The van der Waals surface area contributed by atoms with Gasteiger partial charge in [-0.3, -0.25) is 4.79 Å². The lowest BCUT2D eigenvalue weighted by molar-refractivity contribution is -0.121. The first-order valence-corrected chi connectivity index (χ1v) is 8.96. The number of nitrogens with zero attached hydrogens (tertiary/aromatic N) is 3. The molecule has 8 heteroatoms. The van der Waals surface area contributed by atoms with Gasteiger partial charge in [0, 0.05) is 30.4 Å². The molecule has 0 aliphatic heterocycles. The fourth-order valence-electron chi connectivity index (χ4n) is 3.12. The number of benzene rings is 1. The second-order valence-electron chi connectivity index (χ2n) is 6.62. The van der Waals surface area contributed by atoms with Gasteiger partial charge in [-0.25, -0.2) is 9.50 Å². The fourth-order valence-corrected chi connectivity index (χ4v) is 3.12. The average Bonchev–Trinajstić information content (AvgIpc) is 3.01. The first-order chi connectivity index (χ1) is 13.3. The maximum atomic E-state index is 12.2. The Morgan fingerprint density at radius 1 is 1.21 bits per heavy atom. The van der Waals surface area contributed by atoms with Crippen LogP contribution < -0.4 is 10.1 Å². The number of aryl methyl sites for hydroxylation is 3. The van der Waals surface area contributed by atoms with E-state index in [9.17, 15) is 13.6 Å². The zero-order chi connectivity index (χ0) is 20.3. The Bertz CT molecular complexity index is 984. The maximum Gasteiger partial charge on any atom is 0.387 e. The van der Waals surface area contributed by atoms with Crippen molar-refractivity contribution < 1.29 is 18.3 Å². The number of fused-ring (bicyclic) bond motifs is 1. The first-order valence-electron chi connectivity index (χ1n) is 8.96. The number of halogens is 2. The highest BCUT2D eigenvalue weighted by Crippen LogP contribution is 2.17. The van der Waals surface area contributed by atoms with E-state index in [1.54, 1.807) is 16.6 Å². The van der Waals surface area contributed by atoms with E-state index in [1.807, 2.05) is 26.8 Å². The van der Waals surface area contributed by atoms with Crippen LogP contribution >= 0.6 is 0 Å². The number of carbonyl (C=O) groups excluding carboxylic acids is 1. The number of ether oxygens (including phenoxy) is 1. The van der Waals surface area contributed by atoms with E-state index in [-0.39, 0.29) is 11.7 Å². The van der Waals surface area contributed by atoms with Gasteiger partial charge in [-0.15, -0.1) is 0 Å². The van der Waals surface area contributed by atoms with Crippen LogP contribution in [-0.4, -0.2) is 27.1 Å². The molecule has 6 nitrogen and oxygen atoms in total. The van der Waals surface area contributed by atoms with E-state index in [1.165, 1.54) is 12.1 Å². The molecule has 3 rings (SSSR count). The van der Waals surface area contributed by atoms with Crippen LogP contribution in [0, 0.1) is 20.8 Å². The van der Waals surface area contributed by atoms with Crippen molar-refractivity contribution in [2.75, 3.05) is 0 Å². The van der Waals surface area contributed by atoms with E-state index in [0.717, 1.165) is 33.9 Å². The van der Waals surface area contributed by atoms with Crippen LogP contribution in [0.1, 0.15) is 34.6 Å². The Balaban J connectivity index is 1.56. The predicted octanol–water partition coefficient (Wildman–Crippen LogP) is 3.50. The summed E-state index contributed by atoms with van der Waals surface area (Å²) >= 11 is 0. The molecule has 0 aliphatic rings. The largest absolute Gasteiger partial charge is 0.435 e. The minimum atomic E-state index is -2.85. The lowest BCUT2D eigenvalue weighted by Gasteiger charge is -2.11. The molecule has 2 aromatic heterocycles. The summed E-state index contributed by atoms with van der Waals surface area (Å²) in [7, 11) is 0. The summed E-state index contributed by atoms with van der Waals surface area (Å²) in [5, 5.41) is 7.28. The molecule has 1 amide bonds. The van der Waals surface area contributed by atoms with Gasteiger partial charge < -0.3 is 10.1 Å². The van der Waals surface area contributed by atoms with Gasteiger partial charge in [-0.05, 0) is 50.5 Å². The number of hydrogen-bond acceptors (Lipinski definition) is 4. The van der Waals surface area contributed by atoms with Crippen molar-refractivity contribution in [3.8, 4) is 5.75 Å². The number of amides is 1. The highest BCUT2D eigenvalue weighted by Gasteiger charge is 2.13. The van der Waals surface area contributed by atoms with E-state index in [4.69, 9.17) is 0 Å². The van der Waals surface area contributed by atoms with Crippen molar-refractivity contribution >= 4 is 11.6 Å². The van der Waals surface area contributed by atoms with Crippen LogP contribution in [-0.2, 0) is 17.8 Å². The lowest BCUT2D eigenvalue weighted by atomic mass is 10.1. The van der Waals surface area contributed by atoms with Gasteiger partial charge in [0.15, 0.2) is 5.65 Å². The Morgan fingerprint density at radius 2 is 1.93 bits per heavy atom. The van der Waals surface area contributed by atoms with Crippen LogP contribution in [0.4, 0.5) is 8.78 Å². The lowest BCUT2D eigenvalue weighted by Crippen LogP contribution is -2.23. The number of hydrogen-bond donors (Lipinski definition) is 1. The molecule has 1 N–H and O–H groups in total. The zero-order valence-corrected chi connectivity index (χ0v) is 16.0. The van der Waals surface area contributed by atoms with Crippen molar-refractivity contribution in [1.29, 1.82) is 0 Å². The quantitative estimate of drug-likeness (QED) is 0.673. The average molecular weight is 388 g/mol. The summed E-state index contributed by atoms with van der Waals surface area (Å²) in [6.45, 7) is 3.30. The molecule has 148 valence electrons. The highest BCUT2D eigenvalue weighted by atomic mass is 19.3. The SMILES string of the molecule is Cc1cc2nc(C)c(CCC(=O)NCc3ccc(OC(F)F)cc3)c(C)n2n1. The van der Waals surface area contributed by atoms with Gasteiger partial charge in [-0.1, -0.05) is 12.1 Å². The van der Waals surface area contributed by atoms with E-state index < -0.39 is 6.61 Å². The molecule has 0 spiro atoms. The summed E-state index contributed by atoms with van der Waals surface area (Å²) < 4.78 is 30.4. The van der Waals surface area contributed by atoms with Crippen LogP contribution in [0.15, 0.2) is 30.3 Å². The maximum absolute atomic E-state index is 12.2. The van der Waals surface area contributed by atoms with E-state index in [2.05, 4.69) is 20.1 Å². The van der Waals surface area contributed by atoms with Gasteiger partial charge >= 0.3 is 6.61 Å². The molecule has 0 atom stereocenters. The van der Waals surface area contributed by atoms with Crippen LogP contribution in [0.5, 0.6) is 5.75 Å². The molecule has 3 aromatic rings. The minimum Gasteiger partial charge on any atom is -0.435 e. The molecule has 0 bridgehead atoms. The third-order valence-corrected chi connectivity index (χ3v) is 4.53. The summed E-state index contributed by atoms with van der Waals surface area (Å²) in [6.07, 6.45) is 0.883. The van der Waals surface area contributed by atoms with E-state index >= 15 is 0 Å². The third kappa shape index (κ3) is 4.62. The molecule has 0 saturated heterocycles. The van der Waals surface area contributed by atoms with Gasteiger partial charge in [-0.2, -0.15) is 13.9 Å². The fraction of sp³-hybridized carbons (Fsp3) is 0.350. The molecule has 0 unspecified atom stereocenters. The molecule has 0 aliphatic carbocycles. The normalized spacial score (nSPS) is 11.2. The molecule has 2 heterocycles. The highest BCUT2D eigenvalue weighted by molar-refractivity contribution is 5.76. The van der Waals surface area contributed by atoms with E-state index in [0.29, 0.717) is 19.4 Å². The molecule has 0 fully saturated rings. The first kappa shape index (κ1) is 19.7. The van der Waals surface area contributed by atoms with Crippen LogP contribution in [0.3, 0.4) is 0 Å². The number of nitrogens with one attached hydrogen (secondary N) is 1. The Hall–Kier alpha value is -3.03. The summed E-state index contributed by atoms with van der Waals surface area (Å²) in [6, 6.07) is 8.11. The second kappa shape index (κ2) is 8.33. The van der Waals surface area contributed by atoms with Crippen molar-refractivity contribution in [2.24, 2.45) is 0 Å². The molecular weight excluding hydrogens is 366 g/mol. The van der Waals surface area contributed by atoms with Gasteiger partial charge in [0.2, 0.25) is 5.91 Å².